The fourth-order valence-electron chi connectivity index (χ4n) is 4.76. The van der Waals surface area contributed by atoms with Gasteiger partial charge < -0.3 is 69.3 Å². The van der Waals surface area contributed by atoms with E-state index in [-0.39, 0.29) is 28.2 Å². The largest absolute Gasteiger partial charge is 0.508 e. The maximum absolute atomic E-state index is 12.7. The average Bonchev–Trinajstić information content (AvgIpc) is 2.96. The maximum atomic E-state index is 12.7. The number of aliphatic hydroxyl groups excluding tert-OH is 7. The zero-order valence-electron chi connectivity index (χ0n) is 21.7. The van der Waals surface area contributed by atoms with Crippen LogP contribution in [0.4, 0.5) is 0 Å². The normalized spacial score (nSPS) is 33.5. The van der Waals surface area contributed by atoms with Crippen molar-refractivity contribution in [3.05, 3.63) is 52.7 Å². The minimum atomic E-state index is -1.81. The third-order valence-corrected chi connectivity index (χ3v) is 7.13. The quantitative estimate of drug-likeness (QED) is 0.142. The van der Waals surface area contributed by atoms with Crippen molar-refractivity contribution in [2.45, 2.75) is 61.4 Å². The number of aromatic hydroxyl groups is 2. The first-order valence-electron chi connectivity index (χ1n) is 12.9. The number of aliphatic hydroxyl groups is 7. The van der Waals surface area contributed by atoms with E-state index in [0.717, 1.165) is 6.07 Å². The van der Waals surface area contributed by atoms with Gasteiger partial charge in [0.1, 0.15) is 82.8 Å². The second-order valence-electron chi connectivity index (χ2n) is 10.0. The van der Waals surface area contributed by atoms with Gasteiger partial charge in [-0.05, 0) is 24.3 Å². The van der Waals surface area contributed by atoms with Gasteiger partial charge in [0.05, 0.1) is 13.2 Å². The van der Waals surface area contributed by atoms with E-state index in [1.54, 1.807) is 0 Å². The second-order valence-corrected chi connectivity index (χ2v) is 10.0. The lowest BCUT2D eigenvalue weighted by atomic mass is 9.98. The predicted octanol–water partition coefficient (Wildman–Crippen LogP) is -2.13. The highest BCUT2D eigenvalue weighted by molar-refractivity contribution is 5.86. The lowest BCUT2D eigenvalue weighted by molar-refractivity contribution is -0.323. The fourth-order valence-corrected chi connectivity index (χ4v) is 4.76. The lowest BCUT2D eigenvalue weighted by Gasteiger charge is -2.42. The maximum Gasteiger partial charge on any atom is 0.229 e. The Labute approximate surface area is 236 Å². The molecule has 3 heterocycles. The number of benzene rings is 2. The molecule has 0 saturated carbocycles. The molecule has 0 spiro atoms. The van der Waals surface area contributed by atoms with Gasteiger partial charge >= 0.3 is 0 Å². The van der Waals surface area contributed by atoms with Gasteiger partial charge in [-0.1, -0.05) is 0 Å². The van der Waals surface area contributed by atoms with Crippen molar-refractivity contribution in [1.29, 1.82) is 0 Å². The first-order chi connectivity index (χ1) is 20.0. The molecule has 228 valence electrons. The highest BCUT2D eigenvalue weighted by atomic mass is 16.7. The molecule has 2 saturated heterocycles. The van der Waals surface area contributed by atoms with Crippen molar-refractivity contribution in [2.75, 3.05) is 13.2 Å². The van der Waals surface area contributed by atoms with E-state index in [1.165, 1.54) is 36.4 Å². The first-order valence-corrected chi connectivity index (χ1v) is 12.9. The monoisotopic (exact) mass is 594 g/mol. The molecule has 10 atom stereocenters. The summed E-state index contributed by atoms with van der Waals surface area (Å²) in [5.41, 5.74) is -0.196. The molecule has 1 aromatic heterocycles. The van der Waals surface area contributed by atoms with Crippen LogP contribution in [0.15, 0.2) is 51.7 Å². The van der Waals surface area contributed by atoms with Crippen LogP contribution in [-0.2, 0) is 14.2 Å². The van der Waals surface area contributed by atoms with Crippen molar-refractivity contribution in [1.82, 2.24) is 0 Å². The molecule has 3 aromatic rings. The molecule has 0 amide bonds. The van der Waals surface area contributed by atoms with Crippen molar-refractivity contribution in [2.24, 2.45) is 0 Å². The van der Waals surface area contributed by atoms with Crippen molar-refractivity contribution in [3.8, 4) is 28.6 Å². The Morgan fingerprint density at radius 1 is 0.738 bits per heavy atom. The Morgan fingerprint density at radius 2 is 1.36 bits per heavy atom. The number of fused-ring (bicyclic) bond motifs is 1. The third-order valence-electron chi connectivity index (χ3n) is 7.13. The van der Waals surface area contributed by atoms with Crippen molar-refractivity contribution >= 4 is 11.0 Å². The van der Waals surface area contributed by atoms with Gasteiger partial charge in [0.15, 0.2) is 11.7 Å². The van der Waals surface area contributed by atoms with Gasteiger partial charge in [-0.2, -0.15) is 0 Å². The third kappa shape index (κ3) is 5.80. The molecule has 15 nitrogen and oxygen atoms in total. The summed E-state index contributed by atoms with van der Waals surface area (Å²) in [6, 6.07) is 9.31. The van der Waals surface area contributed by atoms with Crippen molar-refractivity contribution < 1.29 is 69.3 Å². The molecule has 15 heteroatoms. The number of hydrogen-bond acceptors (Lipinski definition) is 15. The summed E-state index contributed by atoms with van der Waals surface area (Å²) in [5.74, 6) is -0.526. The van der Waals surface area contributed by atoms with E-state index in [1.807, 2.05) is 0 Å². The summed E-state index contributed by atoms with van der Waals surface area (Å²) >= 11 is 0. The molecule has 2 aromatic carbocycles. The molecular formula is C27H30O15. The van der Waals surface area contributed by atoms with Crippen molar-refractivity contribution in [3.63, 3.8) is 0 Å². The van der Waals surface area contributed by atoms with Gasteiger partial charge in [-0.3, -0.25) is 4.79 Å². The summed E-state index contributed by atoms with van der Waals surface area (Å²) < 4.78 is 27.7. The molecule has 0 aliphatic carbocycles. The van der Waals surface area contributed by atoms with E-state index >= 15 is 0 Å². The Morgan fingerprint density at radius 3 is 2.02 bits per heavy atom. The highest BCUT2D eigenvalue weighted by Gasteiger charge is 2.48. The Kier molecular flexibility index (Phi) is 8.68. The number of ether oxygens (including phenoxy) is 4. The summed E-state index contributed by atoms with van der Waals surface area (Å²) in [4.78, 5) is 12.7. The van der Waals surface area contributed by atoms with Crippen LogP contribution in [0.5, 0.6) is 17.2 Å². The van der Waals surface area contributed by atoms with Crippen LogP contribution < -0.4 is 10.2 Å². The fraction of sp³-hybridized carbons (Fsp3) is 0.444. The van der Waals surface area contributed by atoms with Gasteiger partial charge in [0.2, 0.25) is 6.29 Å². The van der Waals surface area contributed by atoms with Gasteiger partial charge in [-0.25, -0.2) is 0 Å². The van der Waals surface area contributed by atoms with Crippen LogP contribution in [0.2, 0.25) is 0 Å². The molecule has 5 rings (SSSR count). The molecule has 2 aliphatic rings. The van der Waals surface area contributed by atoms with Crippen LogP contribution in [0.25, 0.3) is 22.3 Å². The predicted molar refractivity (Wildman–Crippen MR) is 138 cm³/mol. The summed E-state index contributed by atoms with van der Waals surface area (Å²) in [6.07, 6.45) is -16.2. The lowest BCUT2D eigenvalue weighted by Crippen LogP contribution is -2.62. The van der Waals surface area contributed by atoms with Crippen LogP contribution in [0, 0.1) is 0 Å². The van der Waals surface area contributed by atoms with E-state index in [2.05, 4.69) is 0 Å². The molecule has 2 aliphatic heterocycles. The number of phenols is 2. The SMILES string of the molecule is O=c1cc(-c2ccc(O)cc2)oc2cc(OC3O[C@H](COC4O[C@@H](CO)[C@H](O)[C@@H](O)[C@@H]4O)[C@@H](O)[C@H](O)[C@H]3O)cc(O)c12. The van der Waals surface area contributed by atoms with Crippen LogP contribution in [0.3, 0.4) is 0 Å². The molecule has 2 unspecified atom stereocenters. The van der Waals surface area contributed by atoms with Gasteiger partial charge in [0.25, 0.3) is 0 Å². The average molecular weight is 595 g/mol. The second kappa shape index (κ2) is 12.1. The number of hydrogen-bond donors (Lipinski definition) is 9. The topological polar surface area (TPSA) is 249 Å². The Balaban J connectivity index is 1.34. The molecule has 0 radical (unpaired) electrons. The summed E-state index contributed by atoms with van der Waals surface area (Å²) in [5, 5.41) is 90.6. The minimum absolute atomic E-state index is 0.00505. The standard InChI is InChI=1S/C27H30O15/c28-8-17-20(32)22(34)24(36)26(41-17)38-9-18-21(33)23(35)25(37)27(42-18)39-12-5-13(30)19-14(31)7-15(40-16(19)6-12)10-1-3-11(29)4-2-10/h1-7,17-18,20-30,32-37H,8-9H2/t17-,18+,20-,21+,22+,23-,24-,25+,26?,27?/m0/s1. The Hall–Kier alpha value is -3.35. The summed E-state index contributed by atoms with van der Waals surface area (Å²) in [7, 11) is 0. The van der Waals surface area contributed by atoms with E-state index < -0.39 is 85.8 Å². The molecule has 42 heavy (non-hydrogen) atoms. The summed E-state index contributed by atoms with van der Waals surface area (Å²) in [6.45, 7) is -1.26. The van der Waals surface area contributed by atoms with Crippen LogP contribution in [-0.4, -0.2) is 121 Å². The number of phenolic OH excluding ortho intramolecular Hbond substituents is 2. The zero-order valence-corrected chi connectivity index (χ0v) is 21.7. The van der Waals surface area contributed by atoms with Gasteiger partial charge in [-0.15, -0.1) is 0 Å². The van der Waals surface area contributed by atoms with E-state index in [4.69, 9.17) is 23.4 Å². The molecule has 9 N–H and O–H groups in total. The molecule has 2 fully saturated rings. The molecule has 0 bridgehead atoms. The Bertz CT molecular complexity index is 1440. The number of rotatable bonds is 7. The van der Waals surface area contributed by atoms with E-state index in [0.29, 0.717) is 5.56 Å². The van der Waals surface area contributed by atoms with Gasteiger partial charge in [0, 0.05) is 23.8 Å². The van der Waals surface area contributed by atoms with Crippen LogP contribution in [0.1, 0.15) is 0 Å². The highest BCUT2D eigenvalue weighted by Crippen LogP contribution is 2.34. The van der Waals surface area contributed by atoms with E-state index in [9.17, 15) is 50.8 Å². The first kappa shape index (κ1) is 30.1. The minimum Gasteiger partial charge on any atom is -0.508 e. The van der Waals surface area contributed by atoms with Crippen LogP contribution >= 0.6 is 0 Å². The zero-order chi connectivity index (χ0) is 30.3. The smallest absolute Gasteiger partial charge is 0.229 e. The molecular weight excluding hydrogens is 564 g/mol.